The predicted molar refractivity (Wildman–Crippen MR) is 55.5 cm³/mol. The summed E-state index contributed by atoms with van der Waals surface area (Å²) in [7, 11) is 1.64. The minimum Gasteiger partial charge on any atom is -0.335 e. The number of halogens is 2. The summed E-state index contributed by atoms with van der Waals surface area (Å²) in [5.41, 5.74) is 1.04. The van der Waals surface area contributed by atoms with Gasteiger partial charge in [0.15, 0.2) is 0 Å². The summed E-state index contributed by atoms with van der Waals surface area (Å²) in [5.74, 6) is -1.01. The van der Waals surface area contributed by atoms with Gasteiger partial charge < -0.3 is 4.57 Å². The minimum absolute atomic E-state index is 0.156. The van der Waals surface area contributed by atoms with Crippen molar-refractivity contribution in [1.82, 2.24) is 4.57 Å². The second-order valence-electron chi connectivity index (χ2n) is 3.40. The van der Waals surface area contributed by atoms with Crippen molar-refractivity contribution in [3.05, 3.63) is 47.7 Å². The lowest BCUT2D eigenvalue weighted by Gasteiger charge is -2.05. The van der Waals surface area contributed by atoms with Gasteiger partial charge in [-0.15, -0.1) is 0 Å². The maximum atomic E-state index is 13.5. The number of hydrogen-bond acceptors (Lipinski definition) is 1. The minimum atomic E-state index is -0.507. The van der Waals surface area contributed by atoms with Crippen LogP contribution in [0, 0.1) is 23.0 Å². The fourth-order valence-corrected chi connectivity index (χ4v) is 1.59. The molecule has 80 valence electrons. The molecule has 0 spiro atoms. The molecule has 0 unspecified atom stereocenters. The molecule has 0 aliphatic carbocycles. The first kappa shape index (κ1) is 10.4. The summed E-state index contributed by atoms with van der Waals surface area (Å²) in [6.07, 6.45) is 0. The Morgan fingerprint density at radius 3 is 2.56 bits per heavy atom. The van der Waals surface area contributed by atoms with Crippen LogP contribution in [0.5, 0.6) is 0 Å². The molecule has 0 atom stereocenters. The predicted octanol–water partition coefficient (Wildman–Crippen LogP) is 2.84. The Morgan fingerprint density at radius 2 is 1.94 bits per heavy atom. The molecule has 0 bridgehead atoms. The summed E-state index contributed by atoms with van der Waals surface area (Å²) in [5, 5.41) is 8.76. The van der Waals surface area contributed by atoms with E-state index in [1.807, 2.05) is 6.07 Å². The van der Waals surface area contributed by atoms with Crippen molar-refractivity contribution < 1.29 is 8.78 Å². The number of nitriles is 1. The van der Waals surface area contributed by atoms with E-state index in [0.717, 1.165) is 18.2 Å². The van der Waals surface area contributed by atoms with Crippen molar-refractivity contribution in [3.8, 4) is 17.3 Å². The van der Waals surface area contributed by atoms with Crippen LogP contribution in [0.1, 0.15) is 5.69 Å². The second-order valence-corrected chi connectivity index (χ2v) is 3.40. The van der Waals surface area contributed by atoms with E-state index in [2.05, 4.69) is 0 Å². The smallest absolute Gasteiger partial charge is 0.132 e. The van der Waals surface area contributed by atoms with Crippen LogP contribution in [0.2, 0.25) is 0 Å². The molecule has 0 saturated heterocycles. The van der Waals surface area contributed by atoms with Crippen LogP contribution in [-0.4, -0.2) is 4.57 Å². The second kappa shape index (κ2) is 3.78. The molecule has 16 heavy (non-hydrogen) atoms. The highest BCUT2D eigenvalue weighted by Crippen LogP contribution is 2.25. The fraction of sp³-hybridized carbons (Fsp3) is 0.0833. The van der Waals surface area contributed by atoms with Gasteiger partial charge >= 0.3 is 0 Å². The monoisotopic (exact) mass is 218 g/mol. The van der Waals surface area contributed by atoms with Gasteiger partial charge in [-0.3, -0.25) is 0 Å². The lowest BCUT2D eigenvalue weighted by molar-refractivity contribution is 0.602. The molecule has 0 amide bonds. The molecule has 0 N–H and O–H groups in total. The molecule has 2 aromatic rings. The zero-order valence-electron chi connectivity index (χ0n) is 8.54. The first-order valence-corrected chi connectivity index (χ1v) is 4.64. The maximum absolute atomic E-state index is 13.5. The Balaban J connectivity index is 2.64. The molecule has 0 radical (unpaired) electrons. The summed E-state index contributed by atoms with van der Waals surface area (Å²) in [4.78, 5) is 0. The van der Waals surface area contributed by atoms with Gasteiger partial charge in [0, 0.05) is 12.6 Å². The normalized spacial score (nSPS) is 10.1. The van der Waals surface area contributed by atoms with E-state index in [0.29, 0.717) is 11.4 Å². The summed E-state index contributed by atoms with van der Waals surface area (Å²) in [6.45, 7) is 0. The summed E-state index contributed by atoms with van der Waals surface area (Å²) in [6, 6.07) is 8.38. The van der Waals surface area contributed by atoms with E-state index in [4.69, 9.17) is 5.26 Å². The van der Waals surface area contributed by atoms with E-state index < -0.39 is 11.6 Å². The third-order valence-electron chi connectivity index (χ3n) is 2.44. The van der Waals surface area contributed by atoms with Crippen molar-refractivity contribution >= 4 is 0 Å². The van der Waals surface area contributed by atoms with E-state index in [9.17, 15) is 8.78 Å². The highest BCUT2D eigenvalue weighted by Gasteiger charge is 2.11. The average molecular weight is 218 g/mol. The molecule has 0 aliphatic heterocycles. The van der Waals surface area contributed by atoms with Crippen molar-refractivity contribution in [2.45, 2.75) is 0 Å². The van der Waals surface area contributed by atoms with Gasteiger partial charge in [0.1, 0.15) is 23.4 Å². The number of aromatic nitrogens is 1. The van der Waals surface area contributed by atoms with Crippen LogP contribution >= 0.6 is 0 Å². The van der Waals surface area contributed by atoms with Crippen LogP contribution in [0.15, 0.2) is 30.3 Å². The zero-order valence-corrected chi connectivity index (χ0v) is 8.54. The molecule has 4 heteroatoms. The maximum Gasteiger partial charge on any atom is 0.132 e. The quantitative estimate of drug-likeness (QED) is 0.723. The number of rotatable bonds is 1. The van der Waals surface area contributed by atoms with Crippen LogP contribution in [0.3, 0.4) is 0 Å². The van der Waals surface area contributed by atoms with Gasteiger partial charge in [0.25, 0.3) is 0 Å². The SMILES string of the molecule is Cn1c(C#N)ccc1-c1cc(F)ccc1F. The largest absolute Gasteiger partial charge is 0.335 e. The van der Waals surface area contributed by atoms with Gasteiger partial charge in [-0.05, 0) is 30.3 Å². The number of nitrogens with zero attached hydrogens (tertiary/aromatic N) is 2. The molecule has 1 aromatic heterocycles. The van der Waals surface area contributed by atoms with Gasteiger partial charge in [0.05, 0.1) is 5.69 Å². The fourth-order valence-electron chi connectivity index (χ4n) is 1.59. The molecule has 1 heterocycles. The van der Waals surface area contributed by atoms with Crippen molar-refractivity contribution in [2.75, 3.05) is 0 Å². The summed E-state index contributed by atoms with van der Waals surface area (Å²) >= 11 is 0. The van der Waals surface area contributed by atoms with E-state index in [1.54, 1.807) is 19.2 Å². The van der Waals surface area contributed by atoms with Crippen LogP contribution in [-0.2, 0) is 7.05 Å². The van der Waals surface area contributed by atoms with Crippen LogP contribution in [0.25, 0.3) is 11.3 Å². The van der Waals surface area contributed by atoms with Crippen molar-refractivity contribution in [3.63, 3.8) is 0 Å². The molecule has 2 rings (SSSR count). The first-order chi connectivity index (χ1) is 7.63. The topological polar surface area (TPSA) is 28.7 Å². The van der Waals surface area contributed by atoms with E-state index in [-0.39, 0.29) is 5.56 Å². The zero-order chi connectivity index (χ0) is 11.7. The van der Waals surface area contributed by atoms with Gasteiger partial charge in [-0.25, -0.2) is 8.78 Å². The van der Waals surface area contributed by atoms with Crippen LogP contribution in [0.4, 0.5) is 8.78 Å². The summed E-state index contributed by atoms with van der Waals surface area (Å²) < 4.78 is 28.0. The number of hydrogen-bond donors (Lipinski definition) is 0. The molecule has 0 fully saturated rings. The Hall–Kier alpha value is -2.15. The van der Waals surface area contributed by atoms with Gasteiger partial charge in [-0.2, -0.15) is 5.26 Å². The van der Waals surface area contributed by atoms with E-state index >= 15 is 0 Å². The highest BCUT2D eigenvalue weighted by atomic mass is 19.1. The molecule has 1 aromatic carbocycles. The lowest BCUT2D eigenvalue weighted by Crippen LogP contribution is -1.96. The van der Waals surface area contributed by atoms with Gasteiger partial charge in [-0.1, -0.05) is 0 Å². The highest BCUT2D eigenvalue weighted by molar-refractivity contribution is 5.62. The Labute approximate surface area is 91.4 Å². The third-order valence-corrected chi connectivity index (χ3v) is 2.44. The van der Waals surface area contributed by atoms with Gasteiger partial charge in [0.2, 0.25) is 0 Å². The van der Waals surface area contributed by atoms with Crippen molar-refractivity contribution in [1.29, 1.82) is 5.26 Å². The number of benzene rings is 1. The van der Waals surface area contributed by atoms with Crippen molar-refractivity contribution in [2.24, 2.45) is 7.05 Å². The third kappa shape index (κ3) is 1.57. The molecular weight excluding hydrogens is 210 g/mol. The van der Waals surface area contributed by atoms with Crippen LogP contribution < -0.4 is 0 Å². The first-order valence-electron chi connectivity index (χ1n) is 4.64. The standard InChI is InChI=1S/C12H8F2N2/c1-16-9(7-15)3-5-12(16)10-6-8(13)2-4-11(10)14/h2-6H,1H3. The van der Waals surface area contributed by atoms with E-state index in [1.165, 1.54) is 4.57 Å². The molecular formula is C12H8F2N2. The molecule has 2 nitrogen and oxygen atoms in total. The Morgan fingerprint density at radius 1 is 1.19 bits per heavy atom. The average Bonchev–Trinajstić information content (AvgIpc) is 2.63. The Kier molecular flexibility index (Phi) is 2.45. The Bertz CT molecular complexity index is 579. The lowest BCUT2D eigenvalue weighted by atomic mass is 10.1. The molecule has 0 saturated carbocycles. The molecule has 0 aliphatic rings.